The molecule has 0 heterocycles. The quantitative estimate of drug-likeness (QED) is 0.486. The van der Waals surface area contributed by atoms with E-state index in [-0.39, 0.29) is 0 Å². The van der Waals surface area contributed by atoms with Crippen LogP contribution in [0.4, 0.5) is 0 Å². The summed E-state index contributed by atoms with van der Waals surface area (Å²) in [6.07, 6.45) is 0. The first-order valence-corrected chi connectivity index (χ1v) is 6.51. The minimum atomic E-state index is 0.728. The van der Waals surface area contributed by atoms with Crippen molar-refractivity contribution in [1.82, 2.24) is 0 Å². The van der Waals surface area contributed by atoms with Crippen molar-refractivity contribution in [2.45, 2.75) is 18.7 Å². The van der Waals surface area contributed by atoms with Crippen molar-refractivity contribution >= 4 is 15.7 Å². The summed E-state index contributed by atoms with van der Waals surface area (Å²) < 4.78 is 1.54. The van der Waals surface area contributed by atoms with Gasteiger partial charge in [-0.05, 0) is 0 Å². The molecule has 0 atom stereocenters. The van der Waals surface area contributed by atoms with Crippen LogP contribution < -0.4 is 3.07 Å². The Morgan fingerprint density at radius 1 is 1.30 bits per heavy atom. The maximum absolute atomic E-state index is 3.58. The second kappa shape index (κ2) is 3.27. The Morgan fingerprint density at radius 2 is 1.90 bits per heavy atom. The summed E-state index contributed by atoms with van der Waals surface area (Å²) in [6, 6.07) is 4.30. The van der Waals surface area contributed by atoms with Crippen molar-refractivity contribution in [1.29, 1.82) is 0 Å². The Labute approximate surface area is 83.4 Å². The summed E-state index contributed by atoms with van der Waals surface area (Å²) in [7, 11) is 0. The van der Waals surface area contributed by atoms with Crippen molar-refractivity contribution in [2.75, 3.05) is 0 Å². The van der Waals surface area contributed by atoms with E-state index in [1.54, 1.807) is 0 Å². The molecule has 0 radical (unpaired) electrons. The number of rotatable bonds is 0. The second-order valence-electron chi connectivity index (χ2n) is 2.53. The topological polar surface area (TPSA) is 0 Å². The van der Waals surface area contributed by atoms with Gasteiger partial charge in [-0.15, -0.1) is 0 Å². The Bertz CT molecular complexity index is 229. The zero-order chi connectivity index (χ0) is 7.72. The van der Waals surface area contributed by atoms with E-state index in [2.05, 4.69) is 38.6 Å². The third-order valence-electron chi connectivity index (χ3n) is 1.87. The summed E-state index contributed by atoms with van der Waals surface area (Å²) in [6.45, 7) is 4.36. The van der Waals surface area contributed by atoms with Crippen LogP contribution in [0, 0.1) is 13.8 Å². The van der Waals surface area contributed by atoms with Crippen molar-refractivity contribution in [3.63, 3.8) is 0 Å². The molecule has 0 fully saturated rings. The molecule has 0 saturated heterocycles. The molecule has 2 heteroatoms. The van der Waals surface area contributed by atoms with Gasteiger partial charge >= 0.3 is 83.8 Å². The first kappa shape index (κ1) is 8.60. The first-order chi connectivity index (χ1) is 4.63. The summed E-state index contributed by atoms with van der Waals surface area (Å²) >= 11 is 4.31. The molecule has 1 aromatic carbocycles. The third kappa shape index (κ3) is 1.56. The standard InChI is InChI=1S/C8H9S.Hg/c1-6-3-4-8(9)5-7(6)2;/h3-4,9H,1-2H3;/p+1. The van der Waals surface area contributed by atoms with Crippen LogP contribution in [-0.2, 0) is 38.8 Å². The predicted octanol–water partition coefficient (Wildman–Crippen LogP) is 0.846. The zero-order valence-electron chi connectivity index (χ0n) is 6.36. The van der Waals surface area contributed by atoms with E-state index in [0.29, 0.717) is 0 Å². The molecule has 0 unspecified atom stereocenters. The molecular formula is C8H10HgS+. The molecule has 0 aliphatic heterocycles. The first-order valence-electron chi connectivity index (χ1n) is 3.26. The van der Waals surface area contributed by atoms with Gasteiger partial charge in [-0.2, -0.15) is 0 Å². The fourth-order valence-electron chi connectivity index (χ4n) is 0.874. The molecule has 1 aromatic rings. The van der Waals surface area contributed by atoms with Gasteiger partial charge in [0.05, 0.1) is 0 Å². The third-order valence-corrected chi connectivity index (χ3v) is 7.25. The summed E-state index contributed by atoms with van der Waals surface area (Å²) in [5, 5.41) is 0. The van der Waals surface area contributed by atoms with Crippen LogP contribution in [0.1, 0.15) is 11.1 Å². The molecule has 10 heavy (non-hydrogen) atoms. The molecule has 0 bridgehead atoms. The number of aryl methyl sites for hydroxylation is 1. The molecular weight excluding hydrogens is 329 g/mol. The van der Waals surface area contributed by atoms with Crippen LogP contribution in [-0.4, -0.2) is 0 Å². The van der Waals surface area contributed by atoms with Crippen molar-refractivity contribution in [2.24, 2.45) is 0 Å². The van der Waals surface area contributed by atoms with E-state index in [0.717, 1.165) is 26.1 Å². The van der Waals surface area contributed by atoms with Crippen molar-refractivity contribution in [3.05, 3.63) is 23.3 Å². The fourth-order valence-corrected chi connectivity index (χ4v) is 2.69. The minimum absolute atomic E-state index is 0.728. The Balaban J connectivity index is 3.34. The molecule has 0 aliphatic rings. The maximum atomic E-state index is 3.58. The van der Waals surface area contributed by atoms with E-state index in [9.17, 15) is 0 Å². The average molecular weight is 339 g/mol. The monoisotopic (exact) mass is 340 g/mol. The van der Waals surface area contributed by atoms with E-state index >= 15 is 0 Å². The molecule has 0 amide bonds. The molecule has 49 valence electrons. The number of benzene rings is 1. The normalized spacial score (nSPS) is 10.1. The van der Waals surface area contributed by atoms with Crippen LogP contribution in [0.3, 0.4) is 0 Å². The van der Waals surface area contributed by atoms with E-state index in [4.69, 9.17) is 0 Å². The molecule has 0 N–H and O–H groups in total. The predicted molar refractivity (Wildman–Crippen MR) is 44.0 cm³/mol. The van der Waals surface area contributed by atoms with Gasteiger partial charge in [0.2, 0.25) is 0 Å². The van der Waals surface area contributed by atoms with E-state index < -0.39 is 0 Å². The fraction of sp³-hybridized carbons (Fsp3) is 0.250. The zero-order valence-corrected chi connectivity index (χ0v) is 12.9. The van der Waals surface area contributed by atoms with E-state index in [1.807, 2.05) is 0 Å². The second-order valence-corrected chi connectivity index (χ2v) is 5.82. The van der Waals surface area contributed by atoms with Crippen molar-refractivity contribution in [3.8, 4) is 0 Å². The Kier molecular flexibility index (Phi) is 2.81. The Hall–Kier alpha value is 0.505. The molecule has 0 nitrogen and oxygen atoms in total. The van der Waals surface area contributed by atoms with Crippen LogP contribution in [0.2, 0.25) is 0 Å². The van der Waals surface area contributed by atoms with Crippen LogP contribution >= 0.6 is 0 Å². The average Bonchev–Trinajstić information content (AvgIpc) is 1.93. The van der Waals surface area contributed by atoms with Gasteiger partial charge in [-0.3, -0.25) is 0 Å². The SMILES string of the molecule is Cc1ccc([SH2+])[c]([Hg])c1C. The van der Waals surface area contributed by atoms with Crippen LogP contribution in [0.25, 0.3) is 0 Å². The van der Waals surface area contributed by atoms with Gasteiger partial charge in [-0.25, -0.2) is 0 Å². The summed E-state index contributed by atoms with van der Waals surface area (Å²) in [4.78, 5) is 1.28. The molecule has 0 aliphatic carbocycles. The Morgan fingerprint density at radius 3 is 2.40 bits per heavy atom. The van der Waals surface area contributed by atoms with Gasteiger partial charge in [-0.1, -0.05) is 0 Å². The molecule has 0 spiro atoms. The van der Waals surface area contributed by atoms with Gasteiger partial charge in [0.1, 0.15) is 0 Å². The van der Waals surface area contributed by atoms with Crippen molar-refractivity contribution < 1.29 is 26.1 Å². The number of hydrogen-bond acceptors (Lipinski definition) is 0. The molecule has 0 aromatic heterocycles. The summed E-state index contributed by atoms with van der Waals surface area (Å²) in [5.74, 6) is 0. The van der Waals surface area contributed by atoms with Crippen LogP contribution in [0.15, 0.2) is 17.0 Å². The molecule has 0 saturated carbocycles. The van der Waals surface area contributed by atoms with Gasteiger partial charge < -0.3 is 0 Å². The summed E-state index contributed by atoms with van der Waals surface area (Å²) in [5.41, 5.74) is 2.88. The van der Waals surface area contributed by atoms with Crippen LogP contribution in [0.5, 0.6) is 0 Å². The van der Waals surface area contributed by atoms with Gasteiger partial charge in [0.25, 0.3) is 0 Å². The van der Waals surface area contributed by atoms with Gasteiger partial charge in [0.15, 0.2) is 0 Å². The number of hydrogen-bond donors (Lipinski definition) is 0. The molecule has 1 rings (SSSR count). The van der Waals surface area contributed by atoms with E-state index in [1.165, 1.54) is 19.1 Å². The van der Waals surface area contributed by atoms with Gasteiger partial charge in [0, 0.05) is 0 Å².